The molecule has 1 fully saturated rings. The minimum absolute atomic E-state index is 0.0447. The first-order valence-electron chi connectivity index (χ1n) is 6.67. The normalized spacial score (nSPS) is 19.5. The second-order valence-electron chi connectivity index (χ2n) is 5.17. The van der Waals surface area contributed by atoms with Gasteiger partial charge in [0.2, 0.25) is 0 Å². The fraction of sp³-hybridized carbons (Fsp3) is 0.462. The molecule has 4 N–H and O–H groups in total. The second-order valence-corrected chi connectivity index (χ2v) is 5.17. The summed E-state index contributed by atoms with van der Waals surface area (Å²) in [6, 6.07) is 4.23. The van der Waals surface area contributed by atoms with Crippen molar-refractivity contribution in [2.24, 2.45) is 11.5 Å². The van der Waals surface area contributed by atoms with Crippen LogP contribution < -0.4 is 16.4 Å². The van der Waals surface area contributed by atoms with E-state index in [0.717, 1.165) is 13.1 Å². The third kappa shape index (κ3) is 3.11. The minimum Gasteiger partial charge on any atom is -0.366 e. The molecule has 0 aliphatic carbocycles. The zero-order valence-electron chi connectivity index (χ0n) is 11.9. The largest absolute Gasteiger partial charge is 0.366 e. The Labute approximate surface area is 122 Å². The maximum absolute atomic E-state index is 11.6. The van der Waals surface area contributed by atoms with Crippen LogP contribution in [0.2, 0.25) is 0 Å². The Hall–Kier alpha value is -2.19. The molecule has 1 saturated heterocycles. The number of nitro groups is 1. The van der Waals surface area contributed by atoms with E-state index in [0.29, 0.717) is 18.8 Å². The fourth-order valence-corrected chi connectivity index (χ4v) is 2.61. The summed E-state index contributed by atoms with van der Waals surface area (Å²) >= 11 is 0. The van der Waals surface area contributed by atoms with Gasteiger partial charge >= 0.3 is 0 Å². The van der Waals surface area contributed by atoms with E-state index in [1.165, 1.54) is 12.1 Å². The third-order valence-corrected chi connectivity index (χ3v) is 3.72. The molecule has 1 aliphatic heterocycles. The van der Waals surface area contributed by atoms with E-state index in [4.69, 9.17) is 11.5 Å². The highest BCUT2D eigenvalue weighted by molar-refractivity contribution is 5.99. The summed E-state index contributed by atoms with van der Waals surface area (Å²) in [6.07, 6.45) is 0. The highest BCUT2D eigenvalue weighted by atomic mass is 16.6. The summed E-state index contributed by atoms with van der Waals surface area (Å²) in [4.78, 5) is 26.1. The number of carbonyl (C=O) groups is 1. The molecule has 21 heavy (non-hydrogen) atoms. The summed E-state index contributed by atoms with van der Waals surface area (Å²) in [5.41, 5.74) is 11.8. The molecule has 1 amide bonds. The topological polar surface area (TPSA) is 119 Å². The number of nitrogens with two attached hydrogens (primary N) is 2. The predicted octanol–water partition coefficient (Wildman–Crippen LogP) is -0.227. The van der Waals surface area contributed by atoms with Crippen LogP contribution >= 0.6 is 0 Å². The van der Waals surface area contributed by atoms with Gasteiger partial charge in [-0.25, -0.2) is 0 Å². The first kappa shape index (κ1) is 15.2. The van der Waals surface area contributed by atoms with Crippen LogP contribution in [0.1, 0.15) is 10.4 Å². The number of carbonyl (C=O) groups excluding carboxylic acids is 1. The molecule has 1 aromatic carbocycles. The van der Waals surface area contributed by atoms with E-state index in [2.05, 4.69) is 4.90 Å². The lowest BCUT2D eigenvalue weighted by molar-refractivity contribution is -0.384. The van der Waals surface area contributed by atoms with Crippen molar-refractivity contribution in [1.29, 1.82) is 0 Å². The molecule has 0 spiro atoms. The van der Waals surface area contributed by atoms with Crippen molar-refractivity contribution >= 4 is 17.3 Å². The molecule has 1 aliphatic rings. The molecule has 1 aromatic rings. The first-order valence-corrected chi connectivity index (χ1v) is 6.67. The summed E-state index contributed by atoms with van der Waals surface area (Å²) in [6.45, 7) is 2.72. The van der Waals surface area contributed by atoms with Crippen molar-refractivity contribution in [2.75, 3.05) is 38.1 Å². The minimum atomic E-state index is -0.677. The SMILES string of the molecule is CN1CCN(c2ccc([N+](=O)[O-])cc2C(N)=O)C(CN)C1. The van der Waals surface area contributed by atoms with E-state index >= 15 is 0 Å². The lowest BCUT2D eigenvalue weighted by atomic mass is 10.1. The van der Waals surface area contributed by atoms with Gasteiger partial charge in [0.05, 0.1) is 22.2 Å². The predicted molar refractivity (Wildman–Crippen MR) is 79.3 cm³/mol. The average Bonchev–Trinajstić information content (AvgIpc) is 2.46. The zero-order chi connectivity index (χ0) is 15.6. The lowest BCUT2D eigenvalue weighted by Crippen LogP contribution is -2.55. The number of benzene rings is 1. The third-order valence-electron chi connectivity index (χ3n) is 3.72. The molecule has 1 heterocycles. The standard InChI is InChI=1S/C13H19N5O3/c1-16-4-5-17(10(7-14)8-16)12-3-2-9(18(20)21)6-11(12)13(15)19/h2-3,6,10H,4-5,7-8,14H2,1H3,(H2,15,19). The Morgan fingerprint density at radius 3 is 2.76 bits per heavy atom. The van der Waals surface area contributed by atoms with Crippen LogP contribution in [0.3, 0.4) is 0 Å². The molecule has 8 nitrogen and oxygen atoms in total. The second kappa shape index (κ2) is 6.06. The van der Waals surface area contributed by atoms with Crippen LogP contribution in [-0.4, -0.2) is 55.0 Å². The molecule has 0 saturated carbocycles. The first-order chi connectivity index (χ1) is 9.93. The van der Waals surface area contributed by atoms with Crippen molar-refractivity contribution < 1.29 is 9.72 Å². The van der Waals surface area contributed by atoms with Crippen LogP contribution in [0.5, 0.6) is 0 Å². The number of anilines is 1. The number of non-ortho nitro benzene ring substituents is 1. The molecule has 0 aromatic heterocycles. The number of nitro benzene ring substituents is 1. The number of piperazine rings is 1. The molecule has 1 unspecified atom stereocenters. The molecule has 1 atom stereocenters. The molecular formula is C13H19N5O3. The van der Waals surface area contributed by atoms with Gasteiger partial charge in [-0.3, -0.25) is 14.9 Å². The molecule has 2 rings (SSSR count). The summed E-state index contributed by atoms with van der Waals surface area (Å²) < 4.78 is 0. The zero-order valence-corrected chi connectivity index (χ0v) is 11.9. The Kier molecular flexibility index (Phi) is 4.39. The number of primary amides is 1. The van der Waals surface area contributed by atoms with E-state index in [1.807, 2.05) is 11.9 Å². The maximum Gasteiger partial charge on any atom is 0.270 e. The molecular weight excluding hydrogens is 274 g/mol. The van der Waals surface area contributed by atoms with Crippen molar-refractivity contribution in [3.8, 4) is 0 Å². The number of hydrogen-bond donors (Lipinski definition) is 2. The van der Waals surface area contributed by atoms with Gasteiger partial charge in [-0.05, 0) is 13.1 Å². The highest BCUT2D eigenvalue weighted by Crippen LogP contribution is 2.28. The van der Waals surface area contributed by atoms with Crippen molar-refractivity contribution in [3.05, 3.63) is 33.9 Å². The monoisotopic (exact) mass is 293 g/mol. The van der Waals surface area contributed by atoms with E-state index in [9.17, 15) is 14.9 Å². The van der Waals surface area contributed by atoms with Gasteiger partial charge in [-0.1, -0.05) is 0 Å². The van der Waals surface area contributed by atoms with Crippen molar-refractivity contribution in [3.63, 3.8) is 0 Å². The summed E-state index contributed by atoms with van der Waals surface area (Å²) in [7, 11) is 2.00. The summed E-state index contributed by atoms with van der Waals surface area (Å²) in [5, 5.41) is 10.8. The Bertz CT molecular complexity index is 563. The number of hydrogen-bond acceptors (Lipinski definition) is 6. The van der Waals surface area contributed by atoms with Crippen molar-refractivity contribution in [2.45, 2.75) is 6.04 Å². The smallest absolute Gasteiger partial charge is 0.270 e. The number of amides is 1. The maximum atomic E-state index is 11.6. The molecule has 0 bridgehead atoms. The van der Waals surface area contributed by atoms with E-state index in [-0.39, 0.29) is 17.3 Å². The van der Waals surface area contributed by atoms with Crippen LogP contribution in [0.4, 0.5) is 11.4 Å². The Morgan fingerprint density at radius 1 is 1.48 bits per heavy atom. The quantitative estimate of drug-likeness (QED) is 0.585. The van der Waals surface area contributed by atoms with Gasteiger partial charge in [0.25, 0.3) is 11.6 Å². The van der Waals surface area contributed by atoms with Gasteiger partial charge in [0.15, 0.2) is 0 Å². The Morgan fingerprint density at radius 2 is 2.19 bits per heavy atom. The number of rotatable bonds is 4. The van der Waals surface area contributed by atoms with Crippen LogP contribution in [0.15, 0.2) is 18.2 Å². The summed E-state index contributed by atoms with van der Waals surface area (Å²) in [5.74, 6) is -0.677. The van der Waals surface area contributed by atoms with Gasteiger partial charge < -0.3 is 21.3 Å². The highest BCUT2D eigenvalue weighted by Gasteiger charge is 2.28. The van der Waals surface area contributed by atoms with Crippen LogP contribution in [0.25, 0.3) is 0 Å². The van der Waals surface area contributed by atoms with Gasteiger partial charge in [-0.2, -0.15) is 0 Å². The number of likely N-dealkylation sites (N-methyl/N-ethyl adjacent to an activating group) is 1. The number of nitrogens with zero attached hydrogens (tertiary/aromatic N) is 3. The average molecular weight is 293 g/mol. The Balaban J connectivity index is 2.42. The molecule has 8 heteroatoms. The van der Waals surface area contributed by atoms with Gasteiger partial charge in [-0.15, -0.1) is 0 Å². The fourth-order valence-electron chi connectivity index (χ4n) is 2.61. The van der Waals surface area contributed by atoms with Crippen molar-refractivity contribution in [1.82, 2.24) is 4.90 Å². The van der Waals surface area contributed by atoms with E-state index in [1.54, 1.807) is 6.07 Å². The lowest BCUT2D eigenvalue weighted by Gasteiger charge is -2.41. The van der Waals surface area contributed by atoms with Crippen LogP contribution in [0, 0.1) is 10.1 Å². The molecule has 114 valence electrons. The molecule has 0 radical (unpaired) electrons. The van der Waals surface area contributed by atoms with Gasteiger partial charge in [0, 0.05) is 38.3 Å². The van der Waals surface area contributed by atoms with E-state index < -0.39 is 10.8 Å². The van der Waals surface area contributed by atoms with Crippen LogP contribution in [-0.2, 0) is 0 Å². The van der Waals surface area contributed by atoms with Gasteiger partial charge in [0.1, 0.15) is 0 Å².